The maximum atomic E-state index is 12.9. The fourth-order valence-electron chi connectivity index (χ4n) is 3.61. The van der Waals surface area contributed by atoms with Crippen LogP contribution < -0.4 is 20.1 Å². The molecule has 0 aliphatic carbocycles. The van der Waals surface area contributed by atoms with Crippen molar-refractivity contribution in [2.24, 2.45) is 0 Å². The lowest BCUT2D eigenvalue weighted by molar-refractivity contribution is -0.154. The zero-order chi connectivity index (χ0) is 22.4. The number of rotatable bonds is 9. The molecule has 0 unspecified atom stereocenters. The Morgan fingerprint density at radius 3 is 2.45 bits per heavy atom. The van der Waals surface area contributed by atoms with Crippen molar-refractivity contribution in [3.63, 3.8) is 0 Å². The summed E-state index contributed by atoms with van der Waals surface area (Å²) in [5.74, 6) is 0.614. The van der Waals surface area contributed by atoms with Crippen LogP contribution in [0.25, 0.3) is 0 Å². The van der Waals surface area contributed by atoms with Gasteiger partial charge in [0.25, 0.3) is 0 Å². The molecule has 0 aromatic heterocycles. The van der Waals surface area contributed by atoms with Crippen molar-refractivity contribution < 1.29 is 23.9 Å². The number of nitrogens with one attached hydrogen (secondary N) is 2. The molecule has 0 radical (unpaired) electrons. The SMILES string of the molecule is COc1ccc(CN2C(=O)[C@@H](NC(=O)Cc3ccccc3)[C@H]2CNC(C)=O)c(OC)c1. The molecule has 8 nitrogen and oxygen atoms in total. The second-order valence-corrected chi connectivity index (χ2v) is 7.36. The van der Waals surface area contributed by atoms with Crippen LogP contribution in [0.15, 0.2) is 48.5 Å². The Morgan fingerprint density at radius 1 is 1.06 bits per heavy atom. The number of likely N-dealkylation sites (tertiary alicyclic amines) is 1. The molecule has 2 atom stereocenters. The van der Waals surface area contributed by atoms with Crippen molar-refractivity contribution in [3.05, 3.63) is 59.7 Å². The van der Waals surface area contributed by atoms with Crippen LogP contribution in [0, 0.1) is 0 Å². The Kier molecular flexibility index (Phi) is 7.12. The fraction of sp³-hybridized carbons (Fsp3) is 0.348. The van der Waals surface area contributed by atoms with Gasteiger partial charge < -0.3 is 25.0 Å². The number of hydrogen-bond acceptors (Lipinski definition) is 5. The van der Waals surface area contributed by atoms with Crippen LogP contribution in [0.2, 0.25) is 0 Å². The van der Waals surface area contributed by atoms with Crippen LogP contribution in [0.4, 0.5) is 0 Å². The number of β-lactam (4-membered cyclic amide) rings is 1. The lowest BCUT2D eigenvalue weighted by Crippen LogP contribution is -2.72. The lowest BCUT2D eigenvalue weighted by Gasteiger charge is -2.47. The van der Waals surface area contributed by atoms with E-state index < -0.39 is 6.04 Å². The van der Waals surface area contributed by atoms with E-state index in [4.69, 9.17) is 9.47 Å². The first kappa shape index (κ1) is 22.1. The Balaban J connectivity index is 1.71. The molecule has 164 valence electrons. The summed E-state index contributed by atoms with van der Waals surface area (Å²) in [5, 5.41) is 5.57. The second kappa shape index (κ2) is 9.97. The zero-order valence-corrected chi connectivity index (χ0v) is 17.9. The highest BCUT2D eigenvalue weighted by molar-refractivity contribution is 5.94. The summed E-state index contributed by atoms with van der Waals surface area (Å²) in [5.41, 5.74) is 1.67. The summed E-state index contributed by atoms with van der Waals surface area (Å²) in [6, 6.07) is 13.7. The third kappa shape index (κ3) is 5.33. The van der Waals surface area contributed by atoms with E-state index in [1.54, 1.807) is 31.3 Å². The summed E-state index contributed by atoms with van der Waals surface area (Å²) in [6.45, 7) is 1.96. The number of amides is 3. The van der Waals surface area contributed by atoms with E-state index >= 15 is 0 Å². The maximum absolute atomic E-state index is 12.9. The van der Waals surface area contributed by atoms with Crippen molar-refractivity contribution in [3.8, 4) is 11.5 Å². The van der Waals surface area contributed by atoms with Crippen molar-refractivity contribution in [1.82, 2.24) is 15.5 Å². The van der Waals surface area contributed by atoms with Crippen LogP contribution in [-0.4, -0.2) is 55.5 Å². The highest BCUT2D eigenvalue weighted by Crippen LogP contribution is 2.30. The molecule has 1 fully saturated rings. The molecule has 0 saturated carbocycles. The Morgan fingerprint density at radius 2 is 1.81 bits per heavy atom. The minimum Gasteiger partial charge on any atom is -0.497 e. The van der Waals surface area contributed by atoms with Gasteiger partial charge >= 0.3 is 0 Å². The molecule has 1 saturated heterocycles. The van der Waals surface area contributed by atoms with E-state index in [2.05, 4.69) is 10.6 Å². The first-order valence-corrected chi connectivity index (χ1v) is 10.0. The highest BCUT2D eigenvalue weighted by atomic mass is 16.5. The van der Waals surface area contributed by atoms with Gasteiger partial charge in [0, 0.05) is 31.6 Å². The summed E-state index contributed by atoms with van der Waals surface area (Å²) in [7, 11) is 3.12. The molecule has 31 heavy (non-hydrogen) atoms. The topological polar surface area (TPSA) is 97.0 Å². The zero-order valence-electron chi connectivity index (χ0n) is 17.9. The van der Waals surface area contributed by atoms with E-state index in [0.717, 1.165) is 11.1 Å². The van der Waals surface area contributed by atoms with Gasteiger partial charge in [-0.2, -0.15) is 0 Å². The summed E-state index contributed by atoms with van der Waals surface area (Å²) < 4.78 is 10.6. The fourth-order valence-corrected chi connectivity index (χ4v) is 3.61. The summed E-state index contributed by atoms with van der Waals surface area (Å²) in [4.78, 5) is 38.4. The number of hydrogen-bond donors (Lipinski definition) is 2. The van der Waals surface area contributed by atoms with Gasteiger partial charge in [-0.1, -0.05) is 30.3 Å². The van der Waals surface area contributed by atoms with Crippen molar-refractivity contribution >= 4 is 17.7 Å². The first-order chi connectivity index (χ1) is 14.9. The molecule has 8 heteroatoms. The van der Waals surface area contributed by atoms with Gasteiger partial charge in [-0.15, -0.1) is 0 Å². The molecule has 3 amide bonds. The molecule has 0 spiro atoms. The van der Waals surface area contributed by atoms with Gasteiger partial charge in [-0.25, -0.2) is 0 Å². The van der Waals surface area contributed by atoms with Gasteiger partial charge in [0.2, 0.25) is 17.7 Å². The minimum absolute atomic E-state index is 0.184. The van der Waals surface area contributed by atoms with E-state index in [0.29, 0.717) is 18.0 Å². The smallest absolute Gasteiger partial charge is 0.248 e. The van der Waals surface area contributed by atoms with E-state index in [-0.39, 0.29) is 36.7 Å². The van der Waals surface area contributed by atoms with Crippen LogP contribution in [0.1, 0.15) is 18.1 Å². The van der Waals surface area contributed by atoms with Gasteiger partial charge in [0.05, 0.1) is 26.7 Å². The van der Waals surface area contributed by atoms with Gasteiger partial charge in [-0.05, 0) is 17.7 Å². The number of ether oxygens (including phenoxy) is 2. The lowest BCUT2D eigenvalue weighted by atomic mass is 9.93. The molecule has 2 N–H and O–H groups in total. The van der Waals surface area contributed by atoms with Gasteiger partial charge in [-0.3, -0.25) is 14.4 Å². The maximum Gasteiger partial charge on any atom is 0.248 e. The van der Waals surface area contributed by atoms with Crippen molar-refractivity contribution in [2.45, 2.75) is 32.0 Å². The number of benzene rings is 2. The summed E-state index contributed by atoms with van der Waals surface area (Å²) >= 11 is 0. The molecule has 3 rings (SSSR count). The largest absolute Gasteiger partial charge is 0.497 e. The number of nitrogens with zero attached hydrogens (tertiary/aromatic N) is 1. The van der Waals surface area contributed by atoms with E-state index in [1.807, 2.05) is 36.4 Å². The highest BCUT2D eigenvalue weighted by Gasteiger charge is 2.48. The van der Waals surface area contributed by atoms with E-state index in [1.165, 1.54) is 6.92 Å². The Labute approximate surface area is 181 Å². The Bertz CT molecular complexity index is 947. The van der Waals surface area contributed by atoms with Gasteiger partial charge in [0.15, 0.2) is 0 Å². The van der Waals surface area contributed by atoms with Crippen LogP contribution in [-0.2, 0) is 27.3 Å². The third-order valence-corrected chi connectivity index (χ3v) is 5.25. The minimum atomic E-state index is -0.688. The molecule has 1 aliphatic rings. The van der Waals surface area contributed by atoms with Crippen LogP contribution >= 0.6 is 0 Å². The Hall–Kier alpha value is -3.55. The molecule has 2 aromatic rings. The number of methoxy groups -OCH3 is 2. The third-order valence-electron chi connectivity index (χ3n) is 5.25. The molecule has 2 aromatic carbocycles. The van der Waals surface area contributed by atoms with Gasteiger partial charge in [0.1, 0.15) is 17.5 Å². The average molecular weight is 425 g/mol. The second-order valence-electron chi connectivity index (χ2n) is 7.36. The standard InChI is InChI=1S/C23H27N3O5/c1-15(27)24-13-19-22(25-21(28)11-16-7-5-4-6-8-16)23(29)26(19)14-17-9-10-18(30-2)12-20(17)31-3/h4-10,12,19,22H,11,13-14H2,1-3H3,(H,24,27)(H,25,28)/t19-,22+/m1/s1. The molecule has 1 aliphatic heterocycles. The monoisotopic (exact) mass is 425 g/mol. The molecular weight excluding hydrogens is 398 g/mol. The predicted molar refractivity (Wildman–Crippen MR) is 115 cm³/mol. The number of carbonyl (C=O) groups is 3. The normalized spacial score (nSPS) is 17.5. The van der Waals surface area contributed by atoms with Crippen LogP contribution in [0.3, 0.4) is 0 Å². The van der Waals surface area contributed by atoms with E-state index in [9.17, 15) is 14.4 Å². The average Bonchev–Trinajstić information content (AvgIpc) is 2.77. The predicted octanol–water partition coefficient (Wildman–Crippen LogP) is 1.28. The molecular formula is C23H27N3O5. The van der Waals surface area contributed by atoms with Crippen molar-refractivity contribution in [1.29, 1.82) is 0 Å². The van der Waals surface area contributed by atoms with Crippen LogP contribution in [0.5, 0.6) is 11.5 Å². The summed E-state index contributed by atoms with van der Waals surface area (Å²) in [6.07, 6.45) is 0.184. The quantitative estimate of drug-likeness (QED) is 0.590. The molecule has 0 bridgehead atoms. The number of carbonyl (C=O) groups excluding carboxylic acids is 3. The molecule has 1 heterocycles. The van der Waals surface area contributed by atoms with Crippen molar-refractivity contribution in [2.75, 3.05) is 20.8 Å². The first-order valence-electron chi connectivity index (χ1n) is 10.0.